The molecule has 100 valence electrons. The van der Waals surface area contributed by atoms with Crippen LogP contribution in [0.25, 0.3) is 0 Å². The first-order chi connectivity index (χ1) is 8.17. The van der Waals surface area contributed by atoms with E-state index in [-0.39, 0.29) is 5.92 Å². The van der Waals surface area contributed by atoms with E-state index in [4.69, 9.17) is 9.47 Å². The zero-order valence-corrected chi connectivity index (χ0v) is 10.9. The summed E-state index contributed by atoms with van der Waals surface area (Å²) in [6.45, 7) is 0. The third-order valence-electron chi connectivity index (χ3n) is 3.69. The first kappa shape index (κ1) is 14.5. The van der Waals surface area contributed by atoms with Gasteiger partial charge in [0.05, 0.1) is 5.92 Å². The van der Waals surface area contributed by atoms with Crippen molar-refractivity contribution >= 4 is 5.97 Å². The molecule has 0 saturated heterocycles. The van der Waals surface area contributed by atoms with Crippen LogP contribution < -0.4 is 0 Å². The normalized spacial score (nSPS) is 19.5. The fraction of sp³-hybridized carbons (Fsp3) is 0.923. The molecule has 1 atom stereocenters. The van der Waals surface area contributed by atoms with Gasteiger partial charge in [-0.2, -0.15) is 0 Å². The Balaban J connectivity index is 2.44. The van der Waals surface area contributed by atoms with Crippen molar-refractivity contribution in [3.63, 3.8) is 0 Å². The summed E-state index contributed by atoms with van der Waals surface area (Å²) in [5.41, 5.74) is 0. The van der Waals surface area contributed by atoms with Crippen molar-refractivity contribution in [1.82, 2.24) is 0 Å². The third kappa shape index (κ3) is 5.04. The predicted octanol–water partition coefficient (Wildman–Crippen LogP) is 2.67. The number of rotatable bonds is 7. The molecule has 4 nitrogen and oxygen atoms in total. The molecule has 0 bridgehead atoms. The summed E-state index contributed by atoms with van der Waals surface area (Å²) in [6, 6.07) is 0. The lowest BCUT2D eigenvalue weighted by Gasteiger charge is -2.26. The Bertz CT molecular complexity index is 219. The second-order valence-electron chi connectivity index (χ2n) is 4.91. The molecule has 0 spiro atoms. The molecule has 1 N–H and O–H groups in total. The number of carboxylic acids is 1. The van der Waals surface area contributed by atoms with Gasteiger partial charge in [-0.25, -0.2) is 0 Å². The van der Waals surface area contributed by atoms with Crippen LogP contribution in [0, 0.1) is 11.8 Å². The third-order valence-corrected chi connectivity index (χ3v) is 3.69. The highest BCUT2D eigenvalue weighted by Gasteiger charge is 2.26. The number of carboxylic acid groups (broad SMARTS) is 1. The van der Waals surface area contributed by atoms with Gasteiger partial charge >= 0.3 is 5.97 Å². The fourth-order valence-corrected chi connectivity index (χ4v) is 2.64. The van der Waals surface area contributed by atoms with E-state index in [0.29, 0.717) is 12.3 Å². The molecule has 0 heterocycles. The van der Waals surface area contributed by atoms with Gasteiger partial charge in [0.2, 0.25) is 0 Å². The van der Waals surface area contributed by atoms with E-state index in [1.807, 2.05) is 0 Å². The van der Waals surface area contributed by atoms with E-state index in [0.717, 1.165) is 6.42 Å². The summed E-state index contributed by atoms with van der Waals surface area (Å²) in [4.78, 5) is 11.2. The summed E-state index contributed by atoms with van der Waals surface area (Å²) >= 11 is 0. The molecule has 0 aromatic heterocycles. The Morgan fingerprint density at radius 3 is 2.29 bits per heavy atom. The van der Waals surface area contributed by atoms with Crippen molar-refractivity contribution in [2.75, 3.05) is 14.2 Å². The molecule has 0 aromatic rings. The molecule has 17 heavy (non-hydrogen) atoms. The Morgan fingerprint density at radius 1 is 1.24 bits per heavy atom. The van der Waals surface area contributed by atoms with Crippen LogP contribution in [0.3, 0.4) is 0 Å². The van der Waals surface area contributed by atoms with Gasteiger partial charge in [-0.05, 0) is 12.3 Å². The topological polar surface area (TPSA) is 55.8 Å². The zero-order valence-electron chi connectivity index (χ0n) is 10.9. The second-order valence-corrected chi connectivity index (χ2v) is 4.91. The van der Waals surface area contributed by atoms with Crippen molar-refractivity contribution in [2.45, 2.75) is 51.2 Å². The van der Waals surface area contributed by atoms with Crippen LogP contribution in [0.2, 0.25) is 0 Å². The van der Waals surface area contributed by atoms with Gasteiger partial charge < -0.3 is 14.6 Å². The van der Waals surface area contributed by atoms with Gasteiger partial charge in [0.25, 0.3) is 0 Å². The lowest BCUT2D eigenvalue weighted by Crippen LogP contribution is -2.26. The predicted molar refractivity (Wildman–Crippen MR) is 64.7 cm³/mol. The van der Waals surface area contributed by atoms with Crippen LogP contribution in [0.4, 0.5) is 0 Å². The number of carbonyl (C=O) groups is 1. The molecule has 4 heteroatoms. The summed E-state index contributed by atoms with van der Waals surface area (Å²) in [5.74, 6) is -0.503. The molecule has 1 aliphatic rings. The van der Waals surface area contributed by atoms with Gasteiger partial charge in [-0.3, -0.25) is 4.79 Å². The minimum absolute atomic E-state index is 0.344. The first-order valence-corrected chi connectivity index (χ1v) is 6.45. The number of methoxy groups -OCH3 is 2. The van der Waals surface area contributed by atoms with E-state index in [1.54, 1.807) is 14.2 Å². The lowest BCUT2D eigenvalue weighted by molar-refractivity contribution is -0.152. The van der Waals surface area contributed by atoms with Crippen molar-refractivity contribution in [1.29, 1.82) is 0 Å². The first-order valence-electron chi connectivity index (χ1n) is 6.45. The van der Waals surface area contributed by atoms with Gasteiger partial charge in [-0.1, -0.05) is 32.1 Å². The molecule has 1 fully saturated rings. The number of hydrogen-bond acceptors (Lipinski definition) is 3. The monoisotopic (exact) mass is 244 g/mol. The molecule has 1 aliphatic carbocycles. The molecule has 0 amide bonds. The Labute approximate surface area is 103 Å². The van der Waals surface area contributed by atoms with Crippen LogP contribution >= 0.6 is 0 Å². The quantitative estimate of drug-likeness (QED) is 0.699. The fourth-order valence-electron chi connectivity index (χ4n) is 2.64. The van der Waals surface area contributed by atoms with Crippen molar-refractivity contribution in [3.05, 3.63) is 0 Å². The molecular weight excluding hydrogens is 220 g/mol. The molecule has 1 saturated carbocycles. The van der Waals surface area contributed by atoms with Crippen LogP contribution in [0.5, 0.6) is 0 Å². The Kier molecular flexibility index (Phi) is 6.52. The smallest absolute Gasteiger partial charge is 0.306 e. The Hall–Kier alpha value is -0.610. The number of ether oxygens (including phenoxy) is 2. The summed E-state index contributed by atoms with van der Waals surface area (Å²) < 4.78 is 10.2. The number of aliphatic carboxylic acids is 1. The van der Waals surface area contributed by atoms with Gasteiger partial charge in [0, 0.05) is 20.6 Å². The van der Waals surface area contributed by atoms with Gasteiger partial charge in [0.15, 0.2) is 6.29 Å². The summed E-state index contributed by atoms with van der Waals surface area (Å²) in [7, 11) is 3.10. The van der Waals surface area contributed by atoms with Crippen LogP contribution in [0.15, 0.2) is 0 Å². The molecule has 0 aromatic carbocycles. The van der Waals surface area contributed by atoms with Crippen molar-refractivity contribution in [2.24, 2.45) is 11.8 Å². The average molecular weight is 244 g/mol. The lowest BCUT2D eigenvalue weighted by atomic mass is 9.82. The standard InChI is InChI=1S/C13H24O4/c1-16-12(17-2)9-11(13(14)15)8-10-6-4-3-5-7-10/h10-12H,3-9H2,1-2H3,(H,14,15). The van der Waals surface area contributed by atoms with E-state index in [2.05, 4.69) is 0 Å². The average Bonchev–Trinajstić information content (AvgIpc) is 2.35. The van der Waals surface area contributed by atoms with Crippen LogP contribution in [-0.2, 0) is 14.3 Å². The van der Waals surface area contributed by atoms with Crippen LogP contribution in [-0.4, -0.2) is 31.6 Å². The maximum absolute atomic E-state index is 11.2. The molecular formula is C13H24O4. The zero-order chi connectivity index (χ0) is 12.7. The largest absolute Gasteiger partial charge is 0.481 e. The van der Waals surface area contributed by atoms with E-state index >= 15 is 0 Å². The molecule has 0 aliphatic heterocycles. The van der Waals surface area contributed by atoms with Crippen molar-refractivity contribution < 1.29 is 19.4 Å². The summed E-state index contributed by atoms with van der Waals surface area (Å²) in [6.07, 6.45) is 6.94. The van der Waals surface area contributed by atoms with Gasteiger partial charge in [-0.15, -0.1) is 0 Å². The Morgan fingerprint density at radius 2 is 1.82 bits per heavy atom. The molecule has 0 radical (unpaired) electrons. The number of hydrogen-bond donors (Lipinski definition) is 1. The molecule has 1 rings (SSSR count). The maximum atomic E-state index is 11.2. The van der Waals surface area contributed by atoms with Crippen LogP contribution in [0.1, 0.15) is 44.9 Å². The van der Waals surface area contributed by atoms with E-state index in [1.165, 1.54) is 32.1 Å². The maximum Gasteiger partial charge on any atom is 0.306 e. The van der Waals surface area contributed by atoms with Crippen molar-refractivity contribution in [3.8, 4) is 0 Å². The minimum atomic E-state index is -0.727. The van der Waals surface area contributed by atoms with E-state index in [9.17, 15) is 9.90 Å². The summed E-state index contributed by atoms with van der Waals surface area (Å²) in [5, 5.41) is 9.23. The highest BCUT2D eigenvalue weighted by molar-refractivity contribution is 5.69. The highest BCUT2D eigenvalue weighted by atomic mass is 16.7. The SMILES string of the molecule is COC(CC(CC1CCCCC1)C(=O)O)OC. The van der Waals surface area contributed by atoms with Gasteiger partial charge in [0.1, 0.15) is 0 Å². The second kappa shape index (κ2) is 7.67. The molecule has 1 unspecified atom stereocenters. The van der Waals surface area contributed by atoms with E-state index < -0.39 is 12.3 Å². The minimum Gasteiger partial charge on any atom is -0.481 e. The highest BCUT2D eigenvalue weighted by Crippen LogP contribution is 2.30.